The van der Waals surface area contributed by atoms with Crippen molar-refractivity contribution in [2.24, 2.45) is 10.9 Å². The van der Waals surface area contributed by atoms with Crippen LogP contribution in [0.2, 0.25) is 10.0 Å². The van der Waals surface area contributed by atoms with Crippen molar-refractivity contribution in [3.05, 3.63) is 63.6 Å². The highest BCUT2D eigenvalue weighted by Gasteiger charge is 2.38. The Morgan fingerprint density at radius 2 is 1.87 bits per heavy atom. The van der Waals surface area contributed by atoms with E-state index in [9.17, 15) is 13.2 Å². The first-order valence-electron chi connectivity index (χ1n) is 13.4. The molecule has 1 unspecified atom stereocenters. The molecule has 38 heavy (non-hydrogen) atoms. The summed E-state index contributed by atoms with van der Waals surface area (Å²) >= 11 is 12.2. The molecule has 1 amide bonds. The minimum Gasteiger partial charge on any atom is -0.372 e. The molecule has 0 saturated heterocycles. The summed E-state index contributed by atoms with van der Waals surface area (Å²) in [5.41, 5.74) is 1.96. The van der Waals surface area contributed by atoms with Crippen molar-refractivity contribution in [1.82, 2.24) is 14.9 Å². The number of amidine groups is 1. The second-order valence-corrected chi connectivity index (χ2v) is 13.1. The third kappa shape index (κ3) is 6.19. The lowest BCUT2D eigenvalue weighted by molar-refractivity contribution is -0.123. The molecular weight excluding hydrogens is 543 g/mol. The van der Waals surface area contributed by atoms with Crippen LogP contribution in [0.25, 0.3) is 0 Å². The number of hydrogen-bond acceptors (Lipinski definition) is 5. The fourth-order valence-electron chi connectivity index (χ4n) is 5.91. The number of benzene rings is 2. The van der Waals surface area contributed by atoms with Gasteiger partial charge in [0, 0.05) is 32.0 Å². The van der Waals surface area contributed by atoms with E-state index < -0.39 is 16.1 Å². The van der Waals surface area contributed by atoms with E-state index in [-0.39, 0.29) is 28.3 Å². The molecule has 0 spiro atoms. The van der Waals surface area contributed by atoms with Gasteiger partial charge in [0.15, 0.2) is 0 Å². The predicted octanol–water partition coefficient (Wildman–Crippen LogP) is 5.13. The zero-order valence-electron chi connectivity index (χ0n) is 21.3. The summed E-state index contributed by atoms with van der Waals surface area (Å²) < 4.78 is 28.9. The molecule has 2 heterocycles. The Morgan fingerprint density at radius 3 is 2.61 bits per heavy atom. The molecule has 0 radical (unpaired) electrons. The Morgan fingerprint density at radius 1 is 1.08 bits per heavy atom. The fourth-order valence-corrected chi connectivity index (χ4v) is 7.91. The van der Waals surface area contributed by atoms with Gasteiger partial charge >= 0.3 is 0 Å². The smallest absolute Gasteiger partial charge is 0.243 e. The number of aliphatic imine (C=N–C) groups is 1. The van der Waals surface area contributed by atoms with Gasteiger partial charge in [0.2, 0.25) is 15.9 Å². The fraction of sp³-hybridized carbons (Fsp3) is 0.500. The summed E-state index contributed by atoms with van der Waals surface area (Å²) in [5.74, 6) is 1.67. The van der Waals surface area contributed by atoms with Crippen LogP contribution in [-0.2, 0) is 21.2 Å². The maximum absolute atomic E-state index is 13.7. The van der Waals surface area contributed by atoms with Crippen LogP contribution < -0.4 is 10.6 Å². The number of sulfonamides is 1. The van der Waals surface area contributed by atoms with Gasteiger partial charge in [0.25, 0.3) is 0 Å². The maximum atomic E-state index is 13.7. The van der Waals surface area contributed by atoms with E-state index in [0.717, 1.165) is 68.6 Å². The van der Waals surface area contributed by atoms with Gasteiger partial charge in [-0.15, -0.1) is 0 Å². The number of carbonyl (C=O) groups is 1. The van der Waals surface area contributed by atoms with Crippen molar-refractivity contribution in [2.75, 3.05) is 19.6 Å². The summed E-state index contributed by atoms with van der Waals surface area (Å²) in [7, 11) is -3.90. The number of amides is 1. The van der Waals surface area contributed by atoms with Crippen molar-refractivity contribution < 1.29 is 13.2 Å². The topological polar surface area (TPSA) is 90.9 Å². The zero-order chi connectivity index (χ0) is 26.7. The number of fused-ring (bicyclic) bond motifs is 1. The summed E-state index contributed by atoms with van der Waals surface area (Å²) in [6.45, 7) is 2.13. The van der Waals surface area contributed by atoms with Crippen molar-refractivity contribution in [3.8, 4) is 0 Å². The van der Waals surface area contributed by atoms with Gasteiger partial charge in [-0.25, -0.2) is 8.42 Å². The highest BCUT2D eigenvalue weighted by Crippen LogP contribution is 2.38. The Bertz CT molecular complexity index is 1310. The second-order valence-electron chi connectivity index (χ2n) is 10.4. The zero-order valence-corrected chi connectivity index (χ0v) is 23.7. The average molecular weight is 578 g/mol. The van der Waals surface area contributed by atoms with E-state index in [2.05, 4.69) is 15.6 Å². The minimum atomic E-state index is -3.90. The third-order valence-electron chi connectivity index (χ3n) is 7.98. The van der Waals surface area contributed by atoms with E-state index in [4.69, 9.17) is 23.2 Å². The Kier molecular flexibility index (Phi) is 8.62. The van der Waals surface area contributed by atoms with Crippen LogP contribution in [0, 0.1) is 5.92 Å². The number of rotatable bonds is 8. The van der Waals surface area contributed by atoms with Crippen LogP contribution in [0.15, 0.2) is 52.4 Å². The predicted molar refractivity (Wildman–Crippen MR) is 151 cm³/mol. The number of hydrogen-bond donors (Lipinski definition) is 2. The number of halogens is 2. The van der Waals surface area contributed by atoms with Crippen LogP contribution in [0.4, 0.5) is 0 Å². The molecule has 1 aliphatic carbocycles. The van der Waals surface area contributed by atoms with Gasteiger partial charge in [-0.1, -0.05) is 47.5 Å². The third-order valence-corrected chi connectivity index (χ3v) is 10.6. The van der Waals surface area contributed by atoms with E-state index in [1.165, 1.54) is 22.5 Å². The Balaban J connectivity index is 1.25. The quantitative estimate of drug-likeness (QED) is 0.455. The lowest BCUT2D eigenvalue weighted by Crippen LogP contribution is -2.44. The molecule has 0 bridgehead atoms. The van der Waals surface area contributed by atoms with Gasteiger partial charge in [0.05, 0.1) is 33.4 Å². The van der Waals surface area contributed by atoms with Gasteiger partial charge in [-0.05, 0) is 73.8 Å². The van der Waals surface area contributed by atoms with Gasteiger partial charge in [0.1, 0.15) is 0 Å². The first-order valence-corrected chi connectivity index (χ1v) is 15.6. The molecule has 1 fully saturated rings. The molecule has 2 N–H and O–H groups in total. The average Bonchev–Trinajstić information content (AvgIpc) is 3.43. The molecule has 5 rings (SSSR count). The summed E-state index contributed by atoms with van der Waals surface area (Å²) in [5, 5.41) is 7.03. The molecule has 1 atom stereocenters. The summed E-state index contributed by atoms with van der Waals surface area (Å²) in [6, 6.07) is 11.7. The van der Waals surface area contributed by atoms with E-state index in [1.54, 1.807) is 0 Å². The molecule has 3 aliphatic rings. The van der Waals surface area contributed by atoms with Crippen LogP contribution in [-0.4, -0.2) is 50.1 Å². The van der Waals surface area contributed by atoms with Crippen molar-refractivity contribution in [3.63, 3.8) is 0 Å². The maximum Gasteiger partial charge on any atom is 0.243 e. The Hall–Kier alpha value is -2.13. The highest BCUT2D eigenvalue weighted by atomic mass is 35.5. The normalized spacial score (nSPS) is 23.8. The van der Waals surface area contributed by atoms with Gasteiger partial charge in [-0.3, -0.25) is 9.79 Å². The summed E-state index contributed by atoms with van der Waals surface area (Å²) in [6.07, 6.45) is 6.86. The van der Waals surface area contributed by atoms with Crippen LogP contribution >= 0.6 is 23.2 Å². The lowest BCUT2D eigenvalue weighted by atomic mass is 9.83. The van der Waals surface area contributed by atoms with Gasteiger partial charge < -0.3 is 10.6 Å². The minimum absolute atomic E-state index is 0.0724. The largest absolute Gasteiger partial charge is 0.372 e. The molecular formula is C28H34Cl2N4O3S. The number of nitrogens with zero attached hydrogens (tertiary/aromatic N) is 2. The van der Waals surface area contributed by atoms with Crippen LogP contribution in [0.5, 0.6) is 0 Å². The highest BCUT2D eigenvalue weighted by molar-refractivity contribution is 7.89. The molecule has 204 valence electrons. The van der Waals surface area contributed by atoms with E-state index in [0.29, 0.717) is 23.9 Å². The van der Waals surface area contributed by atoms with Crippen molar-refractivity contribution in [1.29, 1.82) is 0 Å². The number of carbonyl (C=O) groups excluding carboxylic acids is 1. The van der Waals surface area contributed by atoms with Crippen LogP contribution in [0.3, 0.4) is 0 Å². The monoisotopic (exact) mass is 576 g/mol. The van der Waals surface area contributed by atoms with E-state index in [1.807, 2.05) is 24.3 Å². The molecule has 2 aromatic carbocycles. The first kappa shape index (κ1) is 27.4. The molecule has 7 nitrogen and oxygen atoms in total. The molecule has 0 aromatic heterocycles. The molecule has 2 aliphatic heterocycles. The number of nitrogens with one attached hydrogen (secondary N) is 2. The SMILES string of the molecule is O=C(CC1c2ccccc2CCN1S(=O)(=O)c1ccc(Cl)c(Cl)c1)NC1CCC(CCC2=NCCN2)CC1. The molecule has 1 saturated carbocycles. The second kappa shape index (κ2) is 11.9. The molecule has 2 aromatic rings. The standard InChI is InChI=1S/C28H34Cl2N4O3S/c29-24-11-10-22(17-25(24)30)38(36,37)34-16-13-20-3-1-2-4-23(20)26(34)18-28(35)33-21-8-5-19(6-9-21)7-12-27-31-14-15-32-27/h1-4,10-11,17,19,21,26H,5-9,12-16,18H2,(H,31,32)(H,33,35). The molecule has 10 heteroatoms. The Labute approximate surface area is 235 Å². The lowest BCUT2D eigenvalue weighted by Gasteiger charge is -2.36. The van der Waals surface area contributed by atoms with Gasteiger partial charge in [-0.2, -0.15) is 4.31 Å². The summed E-state index contributed by atoms with van der Waals surface area (Å²) in [4.78, 5) is 17.8. The van der Waals surface area contributed by atoms with E-state index >= 15 is 0 Å². The van der Waals surface area contributed by atoms with Crippen LogP contribution in [0.1, 0.15) is 62.1 Å². The van der Waals surface area contributed by atoms with Crippen molar-refractivity contribution >= 4 is 45.0 Å². The first-order chi connectivity index (χ1) is 18.3. The van der Waals surface area contributed by atoms with Crippen molar-refractivity contribution in [2.45, 2.75) is 68.3 Å².